The van der Waals surface area contributed by atoms with Crippen molar-refractivity contribution in [1.29, 1.82) is 0 Å². The lowest BCUT2D eigenvalue weighted by Crippen LogP contribution is -2.50. The van der Waals surface area contributed by atoms with E-state index in [-0.39, 0.29) is 0 Å². The van der Waals surface area contributed by atoms with Gasteiger partial charge in [-0.25, -0.2) is 13.1 Å². The molecular weight excluding hydrogens is 382 g/mol. The van der Waals surface area contributed by atoms with Gasteiger partial charge in [0.2, 0.25) is 10.0 Å². The number of sulfonamides is 1. The van der Waals surface area contributed by atoms with Gasteiger partial charge in [0.05, 0.1) is 10.4 Å². The molecule has 1 aromatic rings. The topological polar surface area (TPSA) is 46.2 Å². The quantitative estimate of drug-likeness (QED) is 0.747. The van der Waals surface area contributed by atoms with Crippen LogP contribution in [0.4, 0.5) is 0 Å². The Labute approximate surface area is 126 Å². The van der Waals surface area contributed by atoms with Crippen LogP contribution >= 0.6 is 31.9 Å². The first-order valence-electron chi connectivity index (χ1n) is 5.62. The van der Waals surface area contributed by atoms with Gasteiger partial charge in [-0.05, 0) is 25.5 Å². The van der Waals surface area contributed by atoms with Crippen molar-refractivity contribution in [2.45, 2.75) is 30.7 Å². The predicted molar refractivity (Wildman–Crippen MR) is 82.1 cm³/mol. The van der Waals surface area contributed by atoms with E-state index >= 15 is 0 Å². The van der Waals surface area contributed by atoms with Crippen LogP contribution < -0.4 is 4.72 Å². The average molecular weight is 399 g/mol. The van der Waals surface area contributed by atoms with Crippen LogP contribution in [0.1, 0.15) is 18.9 Å². The third kappa shape index (κ3) is 3.79. The molecule has 0 bridgehead atoms. The zero-order valence-electron chi connectivity index (χ0n) is 10.4. The van der Waals surface area contributed by atoms with Crippen LogP contribution in [0.3, 0.4) is 0 Å². The zero-order chi connectivity index (χ0) is 13.8. The number of nitrogens with one attached hydrogen (secondary N) is 1. The zero-order valence-corrected chi connectivity index (χ0v) is 14.4. The highest BCUT2D eigenvalue weighted by Crippen LogP contribution is 2.21. The van der Waals surface area contributed by atoms with E-state index in [1.165, 1.54) is 0 Å². The van der Waals surface area contributed by atoms with E-state index in [2.05, 4.69) is 36.6 Å². The lowest BCUT2D eigenvalue weighted by Gasteiger charge is -2.29. The molecule has 1 N–H and O–H groups in total. The maximum Gasteiger partial charge on any atom is 0.241 e. The molecule has 0 saturated heterocycles. The number of aryl methyl sites for hydroxylation is 1. The molecule has 0 spiro atoms. The van der Waals surface area contributed by atoms with Gasteiger partial charge >= 0.3 is 0 Å². The minimum absolute atomic E-state index is 0.299. The third-order valence-corrected chi connectivity index (χ3v) is 6.61. The Hall–Kier alpha value is 0.0900. The molecule has 1 aromatic carbocycles. The summed E-state index contributed by atoms with van der Waals surface area (Å²) in [6.45, 7) is 3.89. The summed E-state index contributed by atoms with van der Waals surface area (Å²) in [5, 5.41) is 1.12. The van der Waals surface area contributed by atoms with E-state index in [0.717, 1.165) is 5.56 Å². The summed E-state index contributed by atoms with van der Waals surface area (Å²) < 4.78 is 27.3. The van der Waals surface area contributed by atoms with Gasteiger partial charge in [0, 0.05) is 10.7 Å². The van der Waals surface area contributed by atoms with Crippen molar-refractivity contribution in [1.82, 2.24) is 4.72 Å². The van der Waals surface area contributed by atoms with E-state index in [1.807, 2.05) is 13.8 Å². The molecule has 0 aliphatic carbocycles. The molecule has 0 amide bonds. The fourth-order valence-corrected chi connectivity index (χ4v) is 5.26. The number of halogens is 2. The van der Waals surface area contributed by atoms with Crippen LogP contribution in [0.25, 0.3) is 0 Å². The van der Waals surface area contributed by atoms with Gasteiger partial charge in [-0.3, -0.25) is 0 Å². The van der Waals surface area contributed by atoms with Crippen LogP contribution in [0, 0.1) is 6.92 Å². The highest BCUT2D eigenvalue weighted by atomic mass is 79.9. The minimum Gasteiger partial charge on any atom is -0.207 e. The molecule has 0 atom stereocenters. The first kappa shape index (κ1) is 16.1. The fourth-order valence-electron chi connectivity index (χ4n) is 1.41. The second-order valence-corrected chi connectivity index (χ2v) is 7.12. The summed E-state index contributed by atoms with van der Waals surface area (Å²) in [6.07, 6.45) is 0.703. The normalized spacial score (nSPS) is 12.7. The second kappa shape index (κ2) is 6.50. The van der Waals surface area contributed by atoms with Crippen LogP contribution in [0.2, 0.25) is 0 Å². The molecule has 0 unspecified atom stereocenters. The molecular formula is C12H17Br2NO2S. The number of rotatable bonds is 6. The first-order valence-corrected chi connectivity index (χ1v) is 9.34. The molecule has 3 nitrogen and oxygen atoms in total. The second-order valence-electron chi connectivity index (χ2n) is 4.32. The summed E-state index contributed by atoms with van der Waals surface area (Å²) >= 11 is 6.75. The van der Waals surface area contributed by atoms with E-state index in [1.54, 1.807) is 24.3 Å². The Morgan fingerprint density at radius 1 is 1.17 bits per heavy atom. The monoisotopic (exact) mass is 397 g/mol. The van der Waals surface area contributed by atoms with Gasteiger partial charge in [0.25, 0.3) is 0 Å². The molecule has 0 saturated carbocycles. The first-order chi connectivity index (χ1) is 8.39. The molecule has 1 rings (SSSR count). The Morgan fingerprint density at radius 2 is 1.67 bits per heavy atom. The molecule has 0 aromatic heterocycles. The predicted octanol–water partition coefficient (Wildman–Crippen LogP) is 3.21. The summed E-state index contributed by atoms with van der Waals surface area (Å²) in [7, 11) is -3.48. The average Bonchev–Trinajstić information content (AvgIpc) is 2.37. The van der Waals surface area contributed by atoms with Crippen molar-refractivity contribution in [2.24, 2.45) is 0 Å². The lowest BCUT2D eigenvalue weighted by molar-refractivity contribution is 0.459. The van der Waals surface area contributed by atoms with E-state index in [9.17, 15) is 8.42 Å². The highest BCUT2D eigenvalue weighted by Gasteiger charge is 2.31. The van der Waals surface area contributed by atoms with Crippen LogP contribution in [-0.4, -0.2) is 24.6 Å². The van der Waals surface area contributed by atoms with E-state index in [4.69, 9.17) is 0 Å². The smallest absolute Gasteiger partial charge is 0.207 e. The summed E-state index contributed by atoms with van der Waals surface area (Å²) in [6, 6.07) is 6.84. The highest BCUT2D eigenvalue weighted by molar-refractivity contribution is 9.09. The van der Waals surface area contributed by atoms with Gasteiger partial charge in [0.1, 0.15) is 0 Å². The Bertz CT molecular complexity index is 473. The Morgan fingerprint density at radius 3 is 2.06 bits per heavy atom. The summed E-state index contributed by atoms with van der Waals surface area (Å²) in [5.74, 6) is 0. The lowest BCUT2D eigenvalue weighted by atomic mass is 10.0. The van der Waals surface area contributed by atoms with Gasteiger partial charge in [-0.1, -0.05) is 56.5 Å². The van der Waals surface area contributed by atoms with Gasteiger partial charge in [-0.15, -0.1) is 0 Å². The van der Waals surface area contributed by atoms with Crippen molar-refractivity contribution in [3.63, 3.8) is 0 Å². The number of benzene rings is 1. The maximum absolute atomic E-state index is 12.3. The molecule has 0 fully saturated rings. The standard InChI is InChI=1S/C12H17Br2NO2S/c1-3-12(8-13,9-14)15-18(16,17)11-6-4-10(2)5-7-11/h4-7,15H,3,8-9H2,1-2H3. The van der Waals surface area contributed by atoms with Crippen molar-refractivity contribution in [3.05, 3.63) is 29.8 Å². The van der Waals surface area contributed by atoms with Crippen LogP contribution in [0.5, 0.6) is 0 Å². The largest absolute Gasteiger partial charge is 0.241 e. The number of hydrogen-bond donors (Lipinski definition) is 1. The van der Waals surface area contributed by atoms with Crippen molar-refractivity contribution in [3.8, 4) is 0 Å². The molecule has 0 heterocycles. The van der Waals surface area contributed by atoms with Crippen LogP contribution in [-0.2, 0) is 10.0 Å². The molecule has 6 heteroatoms. The van der Waals surface area contributed by atoms with Crippen molar-refractivity contribution >= 4 is 41.9 Å². The van der Waals surface area contributed by atoms with Crippen LogP contribution in [0.15, 0.2) is 29.2 Å². The summed E-state index contributed by atoms with van der Waals surface area (Å²) in [5.41, 5.74) is 0.542. The van der Waals surface area contributed by atoms with E-state index in [0.29, 0.717) is 22.0 Å². The van der Waals surface area contributed by atoms with Crippen molar-refractivity contribution < 1.29 is 8.42 Å². The molecule has 102 valence electrons. The van der Waals surface area contributed by atoms with Gasteiger partial charge in [0.15, 0.2) is 0 Å². The number of hydrogen-bond acceptors (Lipinski definition) is 2. The molecule has 0 aliphatic rings. The molecule has 0 radical (unpaired) electrons. The molecule has 0 aliphatic heterocycles. The maximum atomic E-state index is 12.3. The van der Waals surface area contributed by atoms with Gasteiger partial charge < -0.3 is 0 Å². The SMILES string of the molecule is CCC(CBr)(CBr)NS(=O)(=O)c1ccc(C)cc1. The molecule has 18 heavy (non-hydrogen) atoms. The van der Waals surface area contributed by atoms with Gasteiger partial charge in [-0.2, -0.15) is 0 Å². The van der Waals surface area contributed by atoms with Crippen molar-refractivity contribution in [2.75, 3.05) is 10.7 Å². The Balaban J connectivity index is 3.04. The fraction of sp³-hybridized carbons (Fsp3) is 0.500. The summed E-state index contributed by atoms with van der Waals surface area (Å²) in [4.78, 5) is 0.299. The van der Waals surface area contributed by atoms with E-state index < -0.39 is 15.6 Å². The third-order valence-electron chi connectivity index (χ3n) is 2.87. The minimum atomic E-state index is -3.48. The Kier molecular flexibility index (Phi) is 5.83. The number of alkyl halides is 2.